The van der Waals surface area contributed by atoms with Gasteiger partial charge in [0, 0.05) is 22.0 Å². The molecule has 0 atom stereocenters. The summed E-state index contributed by atoms with van der Waals surface area (Å²) in [6.45, 7) is 0. The van der Waals surface area contributed by atoms with Gasteiger partial charge in [0.25, 0.3) is 0 Å². The van der Waals surface area contributed by atoms with Gasteiger partial charge in [-0.1, -0.05) is 22.0 Å². The Balaban J connectivity index is 1.76. The maximum Gasteiger partial charge on any atom is 0.229 e. The van der Waals surface area contributed by atoms with E-state index in [2.05, 4.69) is 36.5 Å². The lowest BCUT2D eigenvalue weighted by atomic mass is 10.3. The molecule has 6 heteroatoms. The van der Waals surface area contributed by atoms with Crippen LogP contribution in [0.5, 0.6) is 0 Å². The van der Waals surface area contributed by atoms with Crippen LogP contribution < -0.4 is 10.6 Å². The minimum Gasteiger partial charge on any atom is -0.340 e. The van der Waals surface area contributed by atoms with Crippen molar-refractivity contribution in [1.82, 2.24) is 9.97 Å². The highest BCUT2D eigenvalue weighted by Crippen LogP contribution is 2.19. The molecule has 0 amide bonds. The summed E-state index contributed by atoms with van der Waals surface area (Å²) in [5, 5.41) is 6.15. The predicted molar refractivity (Wildman–Crippen MR) is 89.1 cm³/mol. The standard InChI is InChI=1S/C16H12BrFN4/c17-11-4-6-13(7-5-11)20-15-8-9-19-16(22-15)21-14-3-1-2-12(18)10-14/h1-10H,(H2,19,20,21,22). The Morgan fingerprint density at radius 1 is 0.909 bits per heavy atom. The van der Waals surface area contributed by atoms with Crippen LogP contribution in [0.3, 0.4) is 0 Å². The number of halogens is 2. The van der Waals surface area contributed by atoms with Crippen LogP contribution in [0.25, 0.3) is 0 Å². The third-order valence-electron chi connectivity index (χ3n) is 2.85. The van der Waals surface area contributed by atoms with Crippen molar-refractivity contribution in [2.45, 2.75) is 0 Å². The molecular formula is C16H12BrFN4. The highest BCUT2D eigenvalue weighted by molar-refractivity contribution is 9.10. The number of aromatic nitrogens is 2. The van der Waals surface area contributed by atoms with Crippen molar-refractivity contribution < 1.29 is 4.39 Å². The summed E-state index contributed by atoms with van der Waals surface area (Å²) in [5.41, 5.74) is 1.51. The zero-order valence-electron chi connectivity index (χ0n) is 11.4. The van der Waals surface area contributed by atoms with Crippen LogP contribution in [0.4, 0.5) is 27.5 Å². The van der Waals surface area contributed by atoms with Crippen LogP contribution in [0.2, 0.25) is 0 Å². The van der Waals surface area contributed by atoms with Crippen LogP contribution >= 0.6 is 15.9 Å². The summed E-state index contributed by atoms with van der Waals surface area (Å²) in [7, 11) is 0. The van der Waals surface area contributed by atoms with E-state index in [9.17, 15) is 4.39 Å². The van der Waals surface area contributed by atoms with Crippen molar-refractivity contribution in [2.24, 2.45) is 0 Å². The number of rotatable bonds is 4. The second-order valence-electron chi connectivity index (χ2n) is 4.53. The molecule has 0 aliphatic heterocycles. The van der Waals surface area contributed by atoms with Gasteiger partial charge in [-0.05, 0) is 48.5 Å². The van der Waals surface area contributed by atoms with Crippen LogP contribution in [0.1, 0.15) is 0 Å². The molecule has 0 aliphatic carbocycles. The van der Waals surface area contributed by atoms with E-state index in [1.54, 1.807) is 24.4 Å². The average Bonchev–Trinajstić information content (AvgIpc) is 2.50. The lowest BCUT2D eigenvalue weighted by Crippen LogP contribution is -2.00. The third-order valence-corrected chi connectivity index (χ3v) is 3.38. The van der Waals surface area contributed by atoms with Crippen molar-refractivity contribution in [3.05, 3.63) is 71.1 Å². The fourth-order valence-electron chi connectivity index (χ4n) is 1.86. The lowest BCUT2D eigenvalue weighted by molar-refractivity contribution is 0.628. The summed E-state index contributed by atoms with van der Waals surface area (Å²) in [6.07, 6.45) is 1.63. The van der Waals surface area contributed by atoms with Gasteiger partial charge in [0.2, 0.25) is 5.95 Å². The highest BCUT2D eigenvalue weighted by Gasteiger charge is 2.02. The van der Waals surface area contributed by atoms with Crippen molar-refractivity contribution >= 4 is 39.1 Å². The minimum absolute atomic E-state index is 0.311. The second-order valence-corrected chi connectivity index (χ2v) is 5.45. The van der Waals surface area contributed by atoms with Gasteiger partial charge < -0.3 is 10.6 Å². The van der Waals surface area contributed by atoms with E-state index in [0.717, 1.165) is 10.2 Å². The highest BCUT2D eigenvalue weighted by atomic mass is 79.9. The molecular weight excluding hydrogens is 347 g/mol. The number of anilines is 4. The molecule has 0 spiro atoms. The van der Waals surface area contributed by atoms with E-state index in [1.165, 1.54) is 12.1 Å². The summed E-state index contributed by atoms with van der Waals surface area (Å²) >= 11 is 3.39. The van der Waals surface area contributed by atoms with Crippen LogP contribution in [-0.2, 0) is 0 Å². The Kier molecular flexibility index (Phi) is 4.29. The summed E-state index contributed by atoms with van der Waals surface area (Å²) in [5.74, 6) is 0.734. The molecule has 2 aromatic carbocycles. The largest absolute Gasteiger partial charge is 0.340 e. The predicted octanol–water partition coefficient (Wildman–Crippen LogP) is 4.87. The van der Waals surface area contributed by atoms with Gasteiger partial charge in [0.05, 0.1) is 0 Å². The van der Waals surface area contributed by atoms with Crippen LogP contribution in [0.15, 0.2) is 65.3 Å². The number of nitrogens with zero attached hydrogens (tertiary/aromatic N) is 2. The fraction of sp³-hybridized carbons (Fsp3) is 0. The Hall–Kier alpha value is -2.47. The van der Waals surface area contributed by atoms with E-state index in [0.29, 0.717) is 17.5 Å². The first-order valence-corrected chi connectivity index (χ1v) is 7.36. The molecule has 110 valence electrons. The summed E-state index contributed by atoms with van der Waals surface area (Å²) < 4.78 is 14.2. The molecule has 0 saturated heterocycles. The van der Waals surface area contributed by atoms with E-state index in [1.807, 2.05) is 24.3 Å². The van der Waals surface area contributed by atoms with Gasteiger partial charge in [0.15, 0.2) is 0 Å². The molecule has 0 bridgehead atoms. The van der Waals surface area contributed by atoms with Gasteiger partial charge in [0.1, 0.15) is 11.6 Å². The van der Waals surface area contributed by atoms with Crippen molar-refractivity contribution in [3.63, 3.8) is 0 Å². The molecule has 0 radical (unpaired) electrons. The Labute approximate surface area is 135 Å². The third kappa shape index (κ3) is 3.79. The van der Waals surface area contributed by atoms with E-state index < -0.39 is 0 Å². The molecule has 0 unspecified atom stereocenters. The molecule has 0 aliphatic rings. The summed E-state index contributed by atoms with van der Waals surface area (Å²) in [6, 6.07) is 15.7. The molecule has 1 aromatic heterocycles. The number of hydrogen-bond acceptors (Lipinski definition) is 4. The van der Waals surface area contributed by atoms with Crippen LogP contribution in [0, 0.1) is 5.82 Å². The molecule has 0 saturated carbocycles. The first kappa shape index (κ1) is 14.5. The molecule has 2 N–H and O–H groups in total. The number of benzene rings is 2. The topological polar surface area (TPSA) is 49.8 Å². The van der Waals surface area contributed by atoms with Gasteiger partial charge >= 0.3 is 0 Å². The molecule has 0 fully saturated rings. The first-order valence-electron chi connectivity index (χ1n) is 6.57. The maximum atomic E-state index is 13.2. The SMILES string of the molecule is Fc1cccc(Nc2nccc(Nc3ccc(Br)cc3)n2)c1. The molecule has 4 nitrogen and oxygen atoms in total. The van der Waals surface area contributed by atoms with Gasteiger partial charge in [-0.15, -0.1) is 0 Å². The number of nitrogens with one attached hydrogen (secondary N) is 2. The zero-order valence-corrected chi connectivity index (χ0v) is 13.0. The number of hydrogen-bond donors (Lipinski definition) is 2. The second kappa shape index (κ2) is 6.53. The summed E-state index contributed by atoms with van der Waals surface area (Å²) in [4.78, 5) is 8.48. The Bertz CT molecular complexity index is 777. The first-order chi connectivity index (χ1) is 10.7. The van der Waals surface area contributed by atoms with Crippen molar-refractivity contribution in [1.29, 1.82) is 0 Å². The van der Waals surface area contributed by atoms with Crippen LogP contribution in [-0.4, -0.2) is 9.97 Å². The fourth-order valence-corrected chi connectivity index (χ4v) is 2.13. The monoisotopic (exact) mass is 358 g/mol. The van der Waals surface area contributed by atoms with Gasteiger partial charge in [-0.2, -0.15) is 4.98 Å². The van der Waals surface area contributed by atoms with Gasteiger partial charge in [-0.25, -0.2) is 9.37 Å². The maximum absolute atomic E-state index is 13.2. The van der Waals surface area contributed by atoms with E-state index in [-0.39, 0.29) is 5.82 Å². The Morgan fingerprint density at radius 2 is 1.73 bits per heavy atom. The van der Waals surface area contributed by atoms with Crippen molar-refractivity contribution in [2.75, 3.05) is 10.6 Å². The van der Waals surface area contributed by atoms with E-state index in [4.69, 9.17) is 0 Å². The lowest BCUT2D eigenvalue weighted by Gasteiger charge is -2.08. The normalized spacial score (nSPS) is 10.3. The van der Waals surface area contributed by atoms with Gasteiger partial charge in [-0.3, -0.25) is 0 Å². The molecule has 22 heavy (non-hydrogen) atoms. The average molecular weight is 359 g/mol. The minimum atomic E-state index is -0.311. The Morgan fingerprint density at radius 3 is 2.50 bits per heavy atom. The smallest absolute Gasteiger partial charge is 0.229 e. The quantitative estimate of drug-likeness (QED) is 0.698. The molecule has 3 rings (SSSR count). The molecule has 1 heterocycles. The van der Waals surface area contributed by atoms with Crippen molar-refractivity contribution in [3.8, 4) is 0 Å². The molecule has 3 aromatic rings. The van der Waals surface area contributed by atoms with E-state index >= 15 is 0 Å². The zero-order chi connectivity index (χ0) is 15.4.